The number of aromatic nitrogens is 3. The largest absolute Gasteiger partial charge is 0.325 e. The molecule has 0 atom stereocenters. The molecule has 0 saturated carbocycles. The minimum atomic E-state index is -0.0499. The van der Waals surface area contributed by atoms with Crippen LogP contribution in [0.4, 0.5) is 5.69 Å². The molecule has 0 spiro atoms. The standard InChI is InChI=1S/C17H18N4OS3/c1-21-15(10-14-7-4-8-24-14)19-20-17(21)25-11-16(22)18-12-5-3-6-13(9-12)23-2/h3-9H,10-11H2,1-2H3,(H,18,22). The second-order valence-corrected chi connectivity index (χ2v) is 8.14. The number of thioether (sulfide) groups is 2. The fourth-order valence-corrected chi connectivity index (χ4v) is 4.11. The third-order valence-electron chi connectivity index (χ3n) is 3.52. The van der Waals surface area contributed by atoms with Crippen LogP contribution in [0.25, 0.3) is 0 Å². The maximum absolute atomic E-state index is 12.2. The predicted molar refractivity (Wildman–Crippen MR) is 106 cm³/mol. The molecule has 0 saturated heterocycles. The Kier molecular flexibility index (Phi) is 6.17. The van der Waals surface area contributed by atoms with E-state index in [9.17, 15) is 4.79 Å². The Hall–Kier alpha value is -1.77. The van der Waals surface area contributed by atoms with Gasteiger partial charge in [-0.15, -0.1) is 33.3 Å². The number of hydrogen-bond donors (Lipinski definition) is 1. The molecule has 1 aromatic carbocycles. The number of rotatable bonds is 7. The lowest BCUT2D eigenvalue weighted by molar-refractivity contribution is -0.113. The molecular formula is C17H18N4OS3. The molecule has 0 bridgehead atoms. The van der Waals surface area contributed by atoms with E-state index in [1.54, 1.807) is 23.1 Å². The van der Waals surface area contributed by atoms with Crippen molar-refractivity contribution in [2.75, 3.05) is 17.3 Å². The van der Waals surface area contributed by atoms with Gasteiger partial charge in [0.15, 0.2) is 5.16 Å². The highest BCUT2D eigenvalue weighted by atomic mass is 32.2. The summed E-state index contributed by atoms with van der Waals surface area (Å²) in [6.45, 7) is 0. The summed E-state index contributed by atoms with van der Waals surface area (Å²) in [5.41, 5.74) is 0.814. The van der Waals surface area contributed by atoms with Crippen LogP contribution in [0.3, 0.4) is 0 Å². The van der Waals surface area contributed by atoms with E-state index < -0.39 is 0 Å². The minimum absolute atomic E-state index is 0.0499. The Bertz CT molecular complexity index is 845. The van der Waals surface area contributed by atoms with Gasteiger partial charge in [0.05, 0.1) is 5.75 Å². The molecule has 1 amide bonds. The Morgan fingerprint density at radius 3 is 2.92 bits per heavy atom. The normalized spacial score (nSPS) is 10.8. The van der Waals surface area contributed by atoms with E-state index in [0.717, 1.165) is 28.0 Å². The van der Waals surface area contributed by atoms with Crippen LogP contribution in [0.2, 0.25) is 0 Å². The molecule has 0 aliphatic rings. The summed E-state index contributed by atoms with van der Waals surface area (Å²) >= 11 is 4.75. The number of benzene rings is 1. The zero-order valence-electron chi connectivity index (χ0n) is 13.9. The van der Waals surface area contributed by atoms with E-state index in [1.807, 2.05) is 48.2 Å². The summed E-state index contributed by atoms with van der Waals surface area (Å²) < 4.78 is 1.95. The average Bonchev–Trinajstić information content (AvgIpc) is 3.25. The number of nitrogens with one attached hydrogen (secondary N) is 1. The first kappa shape index (κ1) is 18.0. The van der Waals surface area contributed by atoms with Crippen molar-refractivity contribution in [2.24, 2.45) is 7.05 Å². The maximum atomic E-state index is 12.2. The van der Waals surface area contributed by atoms with E-state index in [1.165, 1.54) is 16.6 Å². The molecule has 2 aromatic heterocycles. The SMILES string of the molecule is CSc1cccc(NC(=O)CSc2nnc(Cc3cccs3)n2C)c1. The van der Waals surface area contributed by atoms with E-state index in [-0.39, 0.29) is 5.91 Å². The highest BCUT2D eigenvalue weighted by Crippen LogP contribution is 2.21. The van der Waals surface area contributed by atoms with Crippen LogP contribution >= 0.6 is 34.9 Å². The summed E-state index contributed by atoms with van der Waals surface area (Å²) in [6, 6.07) is 11.9. The van der Waals surface area contributed by atoms with Gasteiger partial charge in [-0.1, -0.05) is 23.9 Å². The molecule has 25 heavy (non-hydrogen) atoms. The monoisotopic (exact) mass is 390 g/mol. The quantitative estimate of drug-likeness (QED) is 0.620. The van der Waals surface area contributed by atoms with Crippen molar-refractivity contribution >= 4 is 46.5 Å². The maximum Gasteiger partial charge on any atom is 0.234 e. The number of hydrogen-bond acceptors (Lipinski definition) is 6. The van der Waals surface area contributed by atoms with Crippen molar-refractivity contribution in [1.82, 2.24) is 14.8 Å². The third kappa shape index (κ3) is 4.87. The van der Waals surface area contributed by atoms with Gasteiger partial charge >= 0.3 is 0 Å². The molecule has 0 unspecified atom stereocenters. The van der Waals surface area contributed by atoms with Crippen LogP contribution in [-0.2, 0) is 18.3 Å². The van der Waals surface area contributed by atoms with E-state index >= 15 is 0 Å². The lowest BCUT2D eigenvalue weighted by Crippen LogP contribution is -2.14. The first-order valence-corrected chi connectivity index (χ1v) is 10.7. The molecule has 0 aliphatic carbocycles. The second-order valence-electron chi connectivity index (χ2n) is 5.28. The summed E-state index contributed by atoms with van der Waals surface area (Å²) in [4.78, 5) is 14.5. The summed E-state index contributed by atoms with van der Waals surface area (Å²) in [5.74, 6) is 1.15. The number of carbonyl (C=O) groups excluding carboxylic acids is 1. The Balaban J connectivity index is 1.56. The van der Waals surface area contributed by atoms with Gasteiger partial charge in [-0.25, -0.2) is 0 Å². The first-order valence-electron chi connectivity index (χ1n) is 7.63. The van der Waals surface area contributed by atoms with Crippen LogP contribution in [0.5, 0.6) is 0 Å². The van der Waals surface area contributed by atoms with Gasteiger partial charge in [0.2, 0.25) is 5.91 Å². The molecule has 2 heterocycles. The van der Waals surface area contributed by atoms with Crippen molar-refractivity contribution in [1.29, 1.82) is 0 Å². The van der Waals surface area contributed by atoms with Crippen LogP contribution in [0, 0.1) is 0 Å². The highest BCUT2D eigenvalue weighted by Gasteiger charge is 2.12. The van der Waals surface area contributed by atoms with Crippen molar-refractivity contribution in [3.8, 4) is 0 Å². The zero-order chi connectivity index (χ0) is 17.6. The van der Waals surface area contributed by atoms with Crippen LogP contribution in [0.15, 0.2) is 51.8 Å². The number of amides is 1. The summed E-state index contributed by atoms with van der Waals surface area (Å²) in [7, 11) is 1.94. The van der Waals surface area contributed by atoms with Gasteiger partial charge in [0, 0.05) is 28.9 Å². The minimum Gasteiger partial charge on any atom is -0.325 e. The van der Waals surface area contributed by atoms with Gasteiger partial charge in [0.25, 0.3) is 0 Å². The van der Waals surface area contributed by atoms with Gasteiger partial charge in [-0.05, 0) is 35.9 Å². The predicted octanol–water partition coefficient (Wildman–Crippen LogP) is 3.92. The molecule has 0 fully saturated rings. The number of carbonyl (C=O) groups is 1. The number of anilines is 1. The van der Waals surface area contributed by atoms with E-state index in [2.05, 4.69) is 27.0 Å². The molecule has 5 nitrogen and oxygen atoms in total. The van der Waals surface area contributed by atoms with Gasteiger partial charge in [0.1, 0.15) is 5.82 Å². The Morgan fingerprint density at radius 2 is 2.16 bits per heavy atom. The average molecular weight is 391 g/mol. The fourth-order valence-electron chi connectivity index (χ4n) is 2.22. The first-order chi connectivity index (χ1) is 12.2. The van der Waals surface area contributed by atoms with Crippen molar-refractivity contribution in [2.45, 2.75) is 16.5 Å². The van der Waals surface area contributed by atoms with Crippen molar-refractivity contribution < 1.29 is 4.79 Å². The third-order valence-corrected chi connectivity index (χ3v) is 6.15. The van der Waals surface area contributed by atoms with Gasteiger partial charge in [-0.3, -0.25) is 4.79 Å². The molecular weight excluding hydrogens is 372 g/mol. The van der Waals surface area contributed by atoms with Crippen molar-refractivity contribution in [3.05, 3.63) is 52.5 Å². The lowest BCUT2D eigenvalue weighted by Gasteiger charge is -2.06. The number of thiophene rings is 1. The van der Waals surface area contributed by atoms with E-state index in [0.29, 0.717) is 5.75 Å². The van der Waals surface area contributed by atoms with Crippen molar-refractivity contribution in [3.63, 3.8) is 0 Å². The molecule has 130 valence electrons. The molecule has 0 aliphatic heterocycles. The van der Waals surface area contributed by atoms with E-state index in [4.69, 9.17) is 0 Å². The second kappa shape index (κ2) is 8.55. The van der Waals surface area contributed by atoms with Crippen LogP contribution < -0.4 is 5.32 Å². The molecule has 3 rings (SSSR count). The molecule has 8 heteroatoms. The van der Waals surface area contributed by atoms with Crippen LogP contribution in [0.1, 0.15) is 10.7 Å². The summed E-state index contributed by atoms with van der Waals surface area (Å²) in [6.07, 6.45) is 2.77. The van der Waals surface area contributed by atoms with Crippen LogP contribution in [-0.4, -0.2) is 32.7 Å². The lowest BCUT2D eigenvalue weighted by atomic mass is 10.3. The molecule has 3 aromatic rings. The van der Waals surface area contributed by atoms with Gasteiger partial charge in [-0.2, -0.15) is 0 Å². The summed E-state index contributed by atoms with van der Waals surface area (Å²) in [5, 5.41) is 14.2. The zero-order valence-corrected chi connectivity index (χ0v) is 16.4. The fraction of sp³-hybridized carbons (Fsp3) is 0.235. The Morgan fingerprint density at radius 1 is 1.28 bits per heavy atom. The Labute approximate surface area is 159 Å². The number of nitrogens with zero attached hydrogens (tertiary/aromatic N) is 3. The van der Waals surface area contributed by atoms with Gasteiger partial charge < -0.3 is 9.88 Å². The topological polar surface area (TPSA) is 59.8 Å². The smallest absolute Gasteiger partial charge is 0.234 e. The molecule has 0 radical (unpaired) electrons. The molecule has 1 N–H and O–H groups in total. The highest BCUT2D eigenvalue weighted by molar-refractivity contribution is 7.99.